The third-order valence-corrected chi connectivity index (χ3v) is 8.26. The number of benzene rings is 1. The summed E-state index contributed by atoms with van der Waals surface area (Å²) in [6.07, 6.45) is 8.15. The summed E-state index contributed by atoms with van der Waals surface area (Å²) >= 11 is 0. The molecule has 32 heavy (non-hydrogen) atoms. The minimum Gasteiger partial charge on any atom is -0.356 e. The fraction of sp³-hybridized carbons (Fsp3) is 0.500. The number of nitrogens with zero attached hydrogens (tertiary/aromatic N) is 3. The number of carbonyl (C=O) groups excluding carboxylic acids is 1. The molecule has 2 saturated heterocycles. The van der Waals surface area contributed by atoms with Crippen LogP contribution in [0.4, 0.5) is 5.82 Å². The van der Waals surface area contributed by atoms with E-state index in [0.29, 0.717) is 25.2 Å². The van der Waals surface area contributed by atoms with Crippen LogP contribution in [0.2, 0.25) is 0 Å². The first-order valence-electron chi connectivity index (χ1n) is 11.5. The second-order valence-electron chi connectivity index (χ2n) is 8.66. The van der Waals surface area contributed by atoms with Gasteiger partial charge in [0, 0.05) is 50.0 Å². The number of rotatable bonds is 6. The third kappa shape index (κ3) is 4.96. The minimum absolute atomic E-state index is 0.186. The van der Waals surface area contributed by atoms with Gasteiger partial charge in [0.25, 0.3) is 5.91 Å². The molecule has 4 rings (SSSR count). The number of piperidine rings is 2. The summed E-state index contributed by atoms with van der Waals surface area (Å²) in [6, 6.07) is 8.71. The van der Waals surface area contributed by atoms with Crippen LogP contribution in [0.5, 0.6) is 0 Å². The van der Waals surface area contributed by atoms with Gasteiger partial charge in [-0.05, 0) is 62.8 Å². The van der Waals surface area contributed by atoms with Crippen molar-refractivity contribution in [3.05, 3.63) is 53.2 Å². The average molecular weight is 457 g/mol. The van der Waals surface area contributed by atoms with Gasteiger partial charge in [-0.1, -0.05) is 18.6 Å². The fourth-order valence-corrected chi connectivity index (χ4v) is 6.03. The van der Waals surface area contributed by atoms with E-state index in [0.717, 1.165) is 62.1 Å². The highest BCUT2D eigenvalue weighted by molar-refractivity contribution is 7.89. The Morgan fingerprint density at radius 1 is 1.00 bits per heavy atom. The van der Waals surface area contributed by atoms with Gasteiger partial charge in [-0.25, -0.2) is 13.4 Å². The lowest BCUT2D eigenvalue weighted by atomic mass is 10.1. The van der Waals surface area contributed by atoms with Crippen molar-refractivity contribution >= 4 is 21.7 Å². The minimum atomic E-state index is -3.59. The largest absolute Gasteiger partial charge is 0.356 e. The zero-order chi connectivity index (χ0) is 22.6. The van der Waals surface area contributed by atoms with E-state index in [1.807, 2.05) is 19.1 Å². The van der Waals surface area contributed by atoms with Gasteiger partial charge in [0.15, 0.2) is 0 Å². The monoisotopic (exact) mass is 456 g/mol. The van der Waals surface area contributed by atoms with Crippen LogP contribution in [-0.4, -0.2) is 49.8 Å². The summed E-state index contributed by atoms with van der Waals surface area (Å²) in [5.74, 6) is 0.650. The van der Waals surface area contributed by atoms with Gasteiger partial charge in [-0.3, -0.25) is 4.79 Å². The third-order valence-electron chi connectivity index (χ3n) is 6.37. The van der Waals surface area contributed by atoms with Crippen LogP contribution < -0.4 is 10.2 Å². The number of sulfonamides is 1. The van der Waals surface area contributed by atoms with Crippen LogP contribution in [0.25, 0.3) is 0 Å². The smallest absolute Gasteiger partial charge is 0.251 e. The summed E-state index contributed by atoms with van der Waals surface area (Å²) in [5.41, 5.74) is 2.12. The molecule has 0 radical (unpaired) electrons. The molecule has 0 saturated carbocycles. The van der Waals surface area contributed by atoms with E-state index in [9.17, 15) is 13.2 Å². The highest BCUT2D eigenvalue weighted by atomic mass is 32.2. The van der Waals surface area contributed by atoms with Crippen molar-refractivity contribution in [2.24, 2.45) is 0 Å². The van der Waals surface area contributed by atoms with Crippen LogP contribution in [0, 0.1) is 6.92 Å². The molecule has 8 heteroatoms. The molecule has 3 heterocycles. The van der Waals surface area contributed by atoms with Gasteiger partial charge in [0.1, 0.15) is 5.82 Å². The molecule has 0 atom stereocenters. The van der Waals surface area contributed by atoms with E-state index in [2.05, 4.69) is 15.2 Å². The Morgan fingerprint density at radius 3 is 2.41 bits per heavy atom. The lowest BCUT2D eigenvalue weighted by molar-refractivity contribution is 0.0950. The van der Waals surface area contributed by atoms with Crippen molar-refractivity contribution in [1.82, 2.24) is 14.6 Å². The molecule has 0 bridgehead atoms. The molecule has 1 aromatic heterocycles. The van der Waals surface area contributed by atoms with Crippen molar-refractivity contribution in [3.63, 3.8) is 0 Å². The molecule has 172 valence electrons. The van der Waals surface area contributed by atoms with E-state index in [1.54, 1.807) is 18.3 Å². The maximum absolute atomic E-state index is 13.1. The first-order chi connectivity index (χ1) is 15.5. The number of hydrogen-bond donors (Lipinski definition) is 1. The summed E-state index contributed by atoms with van der Waals surface area (Å²) in [4.78, 5) is 20.1. The van der Waals surface area contributed by atoms with Gasteiger partial charge >= 0.3 is 0 Å². The molecule has 2 fully saturated rings. The Bertz CT molecular complexity index is 1060. The normalized spacial score (nSPS) is 17.8. The molecule has 7 nitrogen and oxygen atoms in total. The van der Waals surface area contributed by atoms with Crippen molar-refractivity contribution < 1.29 is 13.2 Å². The lowest BCUT2D eigenvalue weighted by Crippen LogP contribution is -2.35. The lowest BCUT2D eigenvalue weighted by Gasteiger charge is -2.29. The second kappa shape index (κ2) is 10.0. The Kier molecular flexibility index (Phi) is 7.10. The number of aromatic nitrogens is 1. The number of pyridine rings is 1. The molecular weight excluding hydrogens is 424 g/mol. The van der Waals surface area contributed by atoms with Crippen LogP contribution in [0.3, 0.4) is 0 Å². The maximum Gasteiger partial charge on any atom is 0.251 e. The highest BCUT2D eigenvalue weighted by Crippen LogP contribution is 2.24. The first-order valence-corrected chi connectivity index (χ1v) is 13.0. The van der Waals surface area contributed by atoms with Gasteiger partial charge in [-0.2, -0.15) is 4.31 Å². The van der Waals surface area contributed by atoms with Crippen LogP contribution in [0.1, 0.15) is 60.0 Å². The highest BCUT2D eigenvalue weighted by Gasteiger charge is 2.27. The molecule has 0 unspecified atom stereocenters. The Labute approximate surface area is 190 Å². The number of nitrogens with one attached hydrogen (secondary N) is 1. The van der Waals surface area contributed by atoms with E-state index >= 15 is 0 Å². The maximum atomic E-state index is 13.1. The SMILES string of the molecule is Cc1ccc(S(=O)(=O)N2CCCCC2)cc1C(=O)NCc1cccnc1N1CCCCC1. The van der Waals surface area contributed by atoms with Crippen molar-refractivity contribution in [2.75, 3.05) is 31.1 Å². The Morgan fingerprint density at radius 2 is 1.69 bits per heavy atom. The molecule has 1 amide bonds. The molecule has 2 aromatic rings. The molecule has 2 aliphatic rings. The van der Waals surface area contributed by atoms with Crippen molar-refractivity contribution in [3.8, 4) is 0 Å². The molecule has 0 aliphatic carbocycles. The zero-order valence-electron chi connectivity index (χ0n) is 18.7. The van der Waals surface area contributed by atoms with E-state index in [1.165, 1.54) is 16.8 Å². The molecular formula is C24H32N4O3S. The Hall–Kier alpha value is -2.45. The van der Waals surface area contributed by atoms with Crippen molar-refractivity contribution in [2.45, 2.75) is 56.9 Å². The van der Waals surface area contributed by atoms with E-state index in [-0.39, 0.29) is 10.8 Å². The van der Waals surface area contributed by atoms with Gasteiger partial charge in [0.05, 0.1) is 4.90 Å². The Balaban J connectivity index is 1.50. The van der Waals surface area contributed by atoms with Crippen LogP contribution in [0.15, 0.2) is 41.4 Å². The number of hydrogen-bond acceptors (Lipinski definition) is 5. The molecule has 1 aromatic carbocycles. The fourth-order valence-electron chi connectivity index (χ4n) is 4.49. The molecule has 1 N–H and O–H groups in total. The summed E-state index contributed by atoms with van der Waals surface area (Å²) in [6.45, 7) is 5.22. The zero-order valence-corrected chi connectivity index (χ0v) is 19.5. The van der Waals surface area contributed by atoms with Crippen LogP contribution in [-0.2, 0) is 16.6 Å². The van der Waals surface area contributed by atoms with Gasteiger partial charge in [0.2, 0.25) is 10.0 Å². The summed E-state index contributed by atoms with van der Waals surface area (Å²) in [5, 5.41) is 2.98. The van der Waals surface area contributed by atoms with Crippen LogP contribution >= 0.6 is 0 Å². The first kappa shape index (κ1) is 22.7. The quantitative estimate of drug-likeness (QED) is 0.720. The predicted octanol–water partition coefficient (Wildman–Crippen LogP) is 3.48. The molecule has 0 spiro atoms. The topological polar surface area (TPSA) is 82.6 Å². The number of aryl methyl sites for hydroxylation is 1. The van der Waals surface area contributed by atoms with E-state index < -0.39 is 10.0 Å². The average Bonchev–Trinajstić information content (AvgIpc) is 2.84. The van der Waals surface area contributed by atoms with Gasteiger partial charge in [-0.15, -0.1) is 0 Å². The predicted molar refractivity (Wildman–Crippen MR) is 125 cm³/mol. The summed E-state index contributed by atoms with van der Waals surface area (Å²) in [7, 11) is -3.59. The number of amides is 1. The second-order valence-corrected chi connectivity index (χ2v) is 10.6. The standard InChI is InChI=1S/C24H32N4O3S/c1-19-10-11-21(32(30,31)28-15-6-3-7-16-28)17-22(19)24(29)26-18-20-9-8-12-25-23(20)27-13-4-2-5-14-27/h8-12,17H,2-7,13-16,18H2,1H3,(H,26,29). The summed E-state index contributed by atoms with van der Waals surface area (Å²) < 4.78 is 27.6. The van der Waals surface area contributed by atoms with Crippen molar-refractivity contribution in [1.29, 1.82) is 0 Å². The number of carbonyl (C=O) groups is 1. The van der Waals surface area contributed by atoms with Gasteiger partial charge < -0.3 is 10.2 Å². The molecule has 2 aliphatic heterocycles. The number of anilines is 1. The van der Waals surface area contributed by atoms with E-state index in [4.69, 9.17) is 0 Å².